The van der Waals surface area contributed by atoms with Crippen LogP contribution in [0.25, 0.3) is 0 Å². The van der Waals surface area contributed by atoms with Gasteiger partial charge in [-0.15, -0.1) is 35.3 Å². The summed E-state index contributed by atoms with van der Waals surface area (Å²) >= 11 is 1.67. The maximum absolute atomic E-state index is 5.74. The third-order valence-electron chi connectivity index (χ3n) is 3.65. The monoisotopic (exact) mass is 504 g/mol. The summed E-state index contributed by atoms with van der Waals surface area (Å²) < 4.78 is 10.9. The Morgan fingerprint density at radius 1 is 1.26 bits per heavy atom. The molecule has 1 heterocycles. The maximum atomic E-state index is 5.74. The molecular formula is C19H29IN4O2S. The molecule has 2 rings (SSSR count). The van der Waals surface area contributed by atoms with Gasteiger partial charge in [0, 0.05) is 31.9 Å². The molecular weight excluding hydrogens is 475 g/mol. The molecule has 0 fully saturated rings. The van der Waals surface area contributed by atoms with Gasteiger partial charge in [0.25, 0.3) is 0 Å². The number of methoxy groups -OCH3 is 1. The van der Waals surface area contributed by atoms with Crippen LogP contribution in [0.4, 0.5) is 0 Å². The molecule has 1 N–H and O–H groups in total. The summed E-state index contributed by atoms with van der Waals surface area (Å²) in [7, 11) is 3.69. The summed E-state index contributed by atoms with van der Waals surface area (Å²) in [6.45, 7) is 7.02. The summed E-state index contributed by atoms with van der Waals surface area (Å²) in [6, 6.07) is 7.61. The lowest BCUT2D eigenvalue weighted by atomic mass is 10.3. The predicted octanol–water partition coefficient (Wildman–Crippen LogP) is 3.94. The molecule has 1 aromatic heterocycles. The largest absolute Gasteiger partial charge is 0.497 e. The molecule has 0 unspecified atom stereocenters. The van der Waals surface area contributed by atoms with Crippen LogP contribution in [0.2, 0.25) is 0 Å². The van der Waals surface area contributed by atoms with E-state index in [1.807, 2.05) is 38.2 Å². The van der Waals surface area contributed by atoms with E-state index in [-0.39, 0.29) is 24.0 Å². The third kappa shape index (κ3) is 8.34. The molecule has 150 valence electrons. The van der Waals surface area contributed by atoms with Crippen molar-refractivity contribution >= 4 is 41.3 Å². The summed E-state index contributed by atoms with van der Waals surface area (Å²) in [6.07, 6.45) is 0.852. The van der Waals surface area contributed by atoms with Gasteiger partial charge < -0.3 is 19.7 Å². The summed E-state index contributed by atoms with van der Waals surface area (Å²) in [4.78, 5) is 11.3. The van der Waals surface area contributed by atoms with Crippen LogP contribution in [0.15, 0.2) is 34.6 Å². The molecule has 8 heteroatoms. The molecule has 0 spiro atoms. The minimum atomic E-state index is 0. The quantitative estimate of drug-likeness (QED) is 0.243. The molecule has 0 amide bonds. The van der Waals surface area contributed by atoms with Crippen LogP contribution in [0.1, 0.15) is 24.0 Å². The Hall–Kier alpha value is -1.55. The van der Waals surface area contributed by atoms with E-state index in [0.717, 1.165) is 47.7 Å². The number of ether oxygens (including phenoxy) is 2. The van der Waals surface area contributed by atoms with Gasteiger partial charge >= 0.3 is 0 Å². The second kappa shape index (κ2) is 12.8. The lowest BCUT2D eigenvalue weighted by molar-refractivity contribution is 0.312. The van der Waals surface area contributed by atoms with E-state index in [9.17, 15) is 0 Å². The van der Waals surface area contributed by atoms with Gasteiger partial charge in [-0.25, -0.2) is 4.98 Å². The summed E-state index contributed by atoms with van der Waals surface area (Å²) in [5.74, 6) is 2.57. The highest BCUT2D eigenvalue weighted by Gasteiger charge is 2.08. The normalized spacial score (nSPS) is 10.9. The first-order chi connectivity index (χ1) is 12.6. The van der Waals surface area contributed by atoms with Crippen molar-refractivity contribution in [2.24, 2.45) is 4.99 Å². The van der Waals surface area contributed by atoms with Crippen LogP contribution in [-0.2, 0) is 6.54 Å². The van der Waals surface area contributed by atoms with Crippen molar-refractivity contribution in [1.29, 1.82) is 0 Å². The second-order valence-electron chi connectivity index (χ2n) is 5.83. The zero-order valence-electron chi connectivity index (χ0n) is 16.4. The van der Waals surface area contributed by atoms with Crippen molar-refractivity contribution in [3.05, 3.63) is 40.3 Å². The molecule has 0 aliphatic rings. The number of rotatable bonds is 9. The van der Waals surface area contributed by atoms with Crippen molar-refractivity contribution in [3.63, 3.8) is 0 Å². The Bertz CT molecular complexity index is 691. The number of aromatic nitrogens is 1. The number of benzene rings is 1. The van der Waals surface area contributed by atoms with Crippen molar-refractivity contribution in [2.75, 3.05) is 33.9 Å². The smallest absolute Gasteiger partial charge is 0.194 e. The summed E-state index contributed by atoms with van der Waals surface area (Å²) in [5.41, 5.74) is 1.07. The Morgan fingerprint density at radius 3 is 2.56 bits per heavy atom. The molecule has 0 radical (unpaired) electrons. The Labute approximate surface area is 183 Å². The van der Waals surface area contributed by atoms with Crippen molar-refractivity contribution in [2.45, 2.75) is 26.8 Å². The molecule has 0 saturated carbocycles. The Kier molecular flexibility index (Phi) is 11.1. The van der Waals surface area contributed by atoms with Crippen molar-refractivity contribution < 1.29 is 9.47 Å². The number of hydrogen-bond acceptors (Lipinski definition) is 5. The fourth-order valence-electron chi connectivity index (χ4n) is 2.38. The number of guanidine groups is 1. The van der Waals surface area contributed by atoms with Gasteiger partial charge in [0.1, 0.15) is 11.5 Å². The number of halogens is 1. The predicted molar refractivity (Wildman–Crippen MR) is 123 cm³/mol. The molecule has 1 aromatic carbocycles. The minimum absolute atomic E-state index is 0. The van der Waals surface area contributed by atoms with E-state index in [1.165, 1.54) is 0 Å². The van der Waals surface area contributed by atoms with Crippen LogP contribution in [-0.4, -0.2) is 49.7 Å². The minimum Gasteiger partial charge on any atom is -0.497 e. The standard InChI is InChI=1S/C19H28N4O2S.HI/c1-5-20-19(23(3)13-16-14-26-15(2)22-16)21-11-6-12-25-18-9-7-17(24-4)8-10-18;/h7-10,14H,5-6,11-13H2,1-4H3,(H,20,21);1H. The first-order valence-corrected chi connectivity index (χ1v) is 9.67. The van der Waals surface area contributed by atoms with Crippen LogP contribution >= 0.6 is 35.3 Å². The van der Waals surface area contributed by atoms with Gasteiger partial charge in [-0.1, -0.05) is 0 Å². The highest BCUT2D eigenvalue weighted by Crippen LogP contribution is 2.17. The molecule has 6 nitrogen and oxygen atoms in total. The number of thiazole rings is 1. The highest BCUT2D eigenvalue weighted by molar-refractivity contribution is 14.0. The maximum Gasteiger partial charge on any atom is 0.194 e. The average Bonchev–Trinajstić information content (AvgIpc) is 3.05. The van der Waals surface area contributed by atoms with Gasteiger partial charge in [0.05, 0.1) is 31.0 Å². The van der Waals surface area contributed by atoms with Gasteiger partial charge in [-0.3, -0.25) is 4.99 Å². The van der Waals surface area contributed by atoms with E-state index in [1.54, 1.807) is 18.4 Å². The lowest BCUT2D eigenvalue weighted by Gasteiger charge is -2.21. The third-order valence-corrected chi connectivity index (χ3v) is 4.48. The van der Waals surface area contributed by atoms with Crippen LogP contribution in [0.5, 0.6) is 11.5 Å². The van der Waals surface area contributed by atoms with Gasteiger partial charge in [0.2, 0.25) is 0 Å². The zero-order chi connectivity index (χ0) is 18.8. The molecule has 0 aliphatic heterocycles. The average molecular weight is 504 g/mol. The van der Waals surface area contributed by atoms with Crippen molar-refractivity contribution in [1.82, 2.24) is 15.2 Å². The molecule has 2 aromatic rings. The summed E-state index contributed by atoms with van der Waals surface area (Å²) in [5, 5.41) is 6.51. The zero-order valence-corrected chi connectivity index (χ0v) is 19.5. The highest BCUT2D eigenvalue weighted by atomic mass is 127. The van der Waals surface area contributed by atoms with Crippen LogP contribution < -0.4 is 14.8 Å². The first kappa shape index (κ1) is 23.5. The van der Waals surface area contributed by atoms with Crippen LogP contribution in [0, 0.1) is 6.92 Å². The lowest BCUT2D eigenvalue weighted by Crippen LogP contribution is -2.38. The van der Waals surface area contributed by atoms with E-state index in [2.05, 4.69) is 32.5 Å². The number of hydrogen-bond donors (Lipinski definition) is 1. The molecule has 0 bridgehead atoms. The fraction of sp³-hybridized carbons (Fsp3) is 0.474. The first-order valence-electron chi connectivity index (χ1n) is 8.79. The number of nitrogens with zero attached hydrogens (tertiary/aromatic N) is 3. The van der Waals surface area contributed by atoms with E-state index in [4.69, 9.17) is 9.47 Å². The Balaban J connectivity index is 0.00000364. The Morgan fingerprint density at radius 2 is 1.96 bits per heavy atom. The molecule has 0 aliphatic carbocycles. The van der Waals surface area contributed by atoms with Crippen LogP contribution in [0.3, 0.4) is 0 Å². The van der Waals surface area contributed by atoms with E-state index in [0.29, 0.717) is 13.2 Å². The van der Waals surface area contributed by atoms with Gasteiger partial charge in [-0.2, -0.15) is 0 Å². The second-order valence-corrected chi connectivity index (χ2v) is 6.89. The topological polar surface area (TPSA) is 59.0 Å². The molecule has 0 saturated heterocycles. The van der Waals surface area contributed by atoms with Gasteiger partial charge in [-0.05, 0) is 38.1 Å². The van der Waals surface area contributed by atoms with Crippen molar-refractivity contribution in [3.8, 4) is 11.5 Å². The van der Waals surface area contributed by atoms with Gasteiger partial charge in [0.15, 0.2) is 5.96 Å². The van der Waals surface area contributed by atoms with E-state index >= 15 is 0 Å². The number of nitrogens with one attached hydrogen (secondary N) is 1. The number of aryl methyl sites for hydroxylation is 1. The molecule has 0 atom stereocenters. The molecule has 27 heavy (non-hydrogen) atoms. The number of aliphatic imine (C=N–C) groups is 1. The fourth-order valence-corrected chi connectivity index (χ4v) is 2.98. The van der Waals surface area contributed by atoms with E-state index < -0.39 is 0 Å². The SMILES string of the molecule is CCNC(=NCCCOc1ccc(OC)cc1)N(C)Cc1csc(C)n1.I.